The minimum absolute atomic E-state index is 0.775. The third-order valence-corrected chi connectivity index (χ3v) is 2.52. The monoisotopic (exact) mass is 235 g/mol. The molecule has 0 aliphatic carbocycles. The van der Waals surface area contributed by atoms with Crippen molar-refractivity contribution < 1.29 is 0 Å². The average molecular weight is 236 g/mol. The number of aromatic amines is 1. The Balaban J connectivity index is 1.84. The number of hydrogen-bond acceptors (Lipinski definition) is 2. The lowest BCUT2D eigenvalue weighted by Crippen LogP contribution is -2.12. The lowest BCUT2D eigenvalue weighted by molar-refractivity contribution is 0.681. The van der Waals surface area contributed by atoms with E-state index in [-0.39, 0.29) is 0 Å². The molecule has 0 spiro atoms. The lowest BCUT2D eigenvalue weighted by Gasteiger charge is -2.03. The second-order valence-electron chi connectivity index (χ2n) is 3.73. The zero-order valence-corrected chi connectivity index (χ0v) is 9.88. The summed E-state index contributed by atoms with van der Waals surface area (Å²) < 4.78 is 0. The van der Waals surface area contributed by atoms with Gasteiger partial charge < -0.3 is 10.3 Å². The van der Waals surface area contributed by atoms with Gasteiger partial charge in [-0.1, -0.05) is 23.7 Å². The van der Waals surface area contributed by atoms with Crippen molar-refractivity contribution in [3.63, 3.8) is 0 Å². The molecule has 0 amide bonds. The van der Waals surface area contributed by atoms with Gasteiger partial charge in [0, 0.05) is 30.0 Å². The molecule has 16 heavy (non-hydrogen) atoms. The van der Waals surface area contributed by atoms with Gasteiger partial charge in [-0.05, 0) is 24.6 Å². The molecule has 0 unspecified atom stereocenters. The summed E-state index contributed by atoms with van der Waals surface area (Å²) in [5, 5.41) is 4.10. The second-order valence-corrected chi connectivity index (χ2v) is 4.16. The molecule has 0 aliphatic rings. The summed E-state index contributed by atoms with van der Waals surface area (Å²) in [6, 6.07) is 7.85. The van der Waals surface area contributed by atoms with Crippen molar-refractivity contribution >= 4 is 11.6 Å². The van der Waals surface area contributed by atoms with E-state index in [1.165, 1.54) is 5.56 Å². The van der Waals surface area contributed by atoms with Crippen molar-refractivity contribution in [1.82, 2.24) is 15.3 Å². The molecule has 0 aliphatic heterocycles. The predicted molar refractivity (Wildman–Crippen MR) is 65.3 cm³/mol. The van der Waals surface area contributed by atoms with Crippen LogP contribution in [0, 0.1) is 6.92 Å². The first kappa shape index (κ1) is 11.2. The number of aromatic nitrogens is 2. The number of halogens is 1. The van der Waals surface area contributed by atoms with Gasteiger partial charge >= 0.3 is 0 Å². The van der Waals surface area contributed by atoms with Gasteiger partial charge in [0.05, 0.1) is 0 Å². The number of nitrogens with zero attached hydrogens (tertiary/aromatic N) is 1. The van der Waals surface area contributed by atoms with Crippen molar-refractivity contribution in [3.8, 4) is 0 Å². The Morgan fingerprint density at radius 1 is 1.38 bits per heavy atom. The highest BCUT2D eigenvalue weighted by Crippen LogP contribution is 2.10. The minimum Gasteiger partial charge on any atom is -0.345 e. The predicted octanol–water partition coefficient (Wildman–Crippen LogP) is 2.66. The van der Waals surface area contributed by atoms with Crippen LogP contribution in [-0.4, -0.2) is 9.97 Å². The van der Waals surface area contributed by atoms with Crippen molar-refractivity contribution in [1.29, 1.82) is 0 Å². The maximum Gasteiger partial charge on any atom is 0.103 e. The largest absolute Gasteiger partial charge is 0.345 e. The molecule has 2 rings (SSSR count). The van der Waals surface area contributed by atoms with Crippen molar-refractivity contribution in [2.45, 2.75) is 20.0 Å². The topological polar surface area (TPSA) is 40.7 Å². The number of aryl methyl sites for hydroxylation is 1. The summed E-state index contributed by atoms with van der Waals surface area (Å²) in [5.41, 5.74) is 2.28. The Labute approximate surface area is 99.9 Å². The number of rotatable bonds is 4. The molecular formula is C12H14ClN3. The van der Waals surface area contributed by atoms with Gasteiger partial charge in [0.1, 0.15) is 5.82 Å². The van der Waals surface area contributed by atoms with E-state index >= 15 is 0 Å². The molecule has 0 saturated heterocycles. The number of hydrogen-bond donors (Lipinski definition) is 2. The molecule has 1 aromatic heterocycles. The van der Waals surface area contributed by atoms with Crippen LogP contribution in [0.5, 0.6) is 0 Å². The van der Waals surface area contributed by atoms with E-state index in [1.54, 1.807) is 0 Å². The Morgan fingerprint density at radius 2 is 2.25 bits per heavy atom. The Hall–Kier alpha value is -1.32. The van der Waals surface area contributed by atoms with E-state index < -0.39 is 0 Å². The normalized spacial score (nSPS) is 10.6. The van der Waals surface area contributed by atoms with Crippen LogP contribution in [0.4, 0.5) is 0 Å². The Bertz CT molecular complexity index is 465. The smallest absolute Gasteiger partial charge is 0.103 e. The number of nitrogens with one attached hydrogen (secondary N) is 2. The highest BCUT2D eigenvalue weighted by molar-refractivity contribution is 6.30. The maximum atomic E-state index is 5.90. The minimum atomic E-state index is 0.775. The van der Waals surface area contributed by atoms with Crippen LogP contribution in [0.3, 0.4) is 0 Å². The first-order valence-electron chi connectivity index (χ1n) is 5.20. The molecule has 2 aromatic rings. The van der Waals surface area contributed by atoms with Gasteiger partial charge in [-0.15, -0.1) is 0 Å². The van der Waals surface area contributed by atoms with Crippen LogP contribution in [0.15, 0.2) is 30.5 Å². The fraction of sp³-hybridized carbons (Fsp3) is 0.250. The number of benzene rings is 1. The van der Waals surface area contributed by atoms with Crippen LogP contribution in [0.25, 0.3) is 0 Å². The van der Waals surface area contributed by atoms with Crippen molar-refractivity contribution in [2.24, 2.45) is 0 Å². The third-order valence-electron chi connectivity index (χ3n) is 2.29. The fourth-order valence-corrected chi connectivity index (χ4v) is 1.76. The van der Waals surface area contributed by atoms with Crippen molar-refractivity contribution in [2.75, 3.05) is 0 Å². The van der Waals surface area contributed by atoms with Crippen LogP contribution in [-0.2, 0) is 13.1 Å². The fourth-order valence-electron chi connectivity index (χ4n) is 1.55. The van der Waals surface area contributed by atoms with Gasteiger partial charge in [0.2, 0.25) is 0 Å². The van der Waals surface area contributed by atoms with Gasteiger partial charge in [0.15, 0.2) is 0 Å². The first-order chi connectivity index (χ1) is 7.74. The molecule has 84 valence electrons. The van der Waals surface area contributed by atoms with Gasteiger partial charge in [-0.2, -0.15) is 0 Å². The van der Waals surface area contributed by atoms with E-state index in [9.17, 15) is 0 Å². The summed E-state index contributed by atoms with van der Waals surface area (Å²) >= 11 is 5.90. The highest BCUT2D eigenvalue weighted by atomic mass is 35.5. The zero-order valence-electron chi connectivity index (χ0n) is 9.13. The maximum absolute atomic E-state index is 5.90. The quantitative estimate of drug-likeness (QED) is 0.856. The second kappa shape index (κ2) is 5.14. The Kier molecular flexibility index (Phi) is 3.59. The molecule has 0 bridgehead atoms. The molecule has 1 heterocycles. The van der Waals surface area contributed by atoms with E-state index in [0.29, 0.717) is 0 Å². The average Bonchev–Trinajstić information content (AvgIpc) is 2.64. The highest BCUT2D eigenvalue weighted by Gasteiger charge is 1.97. The molecule has 3 nitrogen and oxygen atoms in total. The molecule has 0 radical (unpaired) electrons. The van der Waals surface area contributed by atoms with Crippen LogP contribution >= 0.6 is 11.6 Å². The molecule has 1 aromatic carbocycles. The summed E-state index contributed by atoms with van der Waals surface area (Å²) in [7, 11) is 0. The van der Waals surface area contributed by atoms with Gasteiger partial charge in [-0.25, -0.2) is 4.98 Å². The van der Waals surface area contributed by atoms with Gasteiger partial charge in [-0.3, -0.25) is 0 Å². The van der Waals surface area contributed by atoms with E-state index in [0.717, 1.165) is 29.6 Å². The molecule has 4 heteroatoms. The van der Waals surface area contributed by atoms with E-state index in [1.807, 2.05) is 31.3 Å². The summed E-state index contributed by atoms with van der Waals surface area (Å²) in [4.78, 5) is 7.31. The van der Waals surface area contributed by atoms with E-state index in [2.05, 4.69) is 21.4 Å². The molecule has 0 saturated carbocycles. The number of H-pyrrole nitrogens is 1. The first-order valence-corrected chi connectivity index (χ1v) is 5.57. The summed E-state index contributed by atoms with van der Waals surface area (Å²) in [6.45, 7) is 3.53. The molecule has 0 fully saturated rings. The third kappa shape index (κ3) is 3.08. The summed E-state index contributed by atoms with van der Waals surface area (Å²) in [6.07, 6.45) is 1.85. The molecule has 2 N–H and O–H groups in total. The Morgan fingerprint density at radius 3 is 2.94 bits per heavy atom. The van der Waals surface area contributed by atoms with Crippen LogP contribution < -0.4 is 5.32 Å². The zero-order chi connectivity index (χ0) is 11.4. The van der Waals surface area contributed by atoms with Gasteiger partial charge in [0.25, 0.3) is 0 Å². The lowest BCUT2D eigenvalue weighted by atomic mass is 10.2. The van der Waals surface area contributed by atoms with Crippen LogP contribution in [0.1, 0.15) is 17.1 Å². The molecular weight excluding hydrogens is 222 g/mol. The summed E-state index contributed by atoms with van der Waals surface area (Å²) in [5.74, 6) is 0.944. The van der Waals surface area contributed by atoms with E-state index in [4.69, 9.17) is 11.6 Å². The SMILES string of the molecule is Cc1ncc(CNCc2cccc(Cl)c2)[nH]1. The number of imidazole rings is 1. The standard InChI is InChI=1S/C12H14ClN3/c1-9-15-8-12(16-9)7-14-6-10-3-2-4-11(13)5-10/h2-5,8,14H,6-7H2,1H3,(H,15,16). The van der Waals surface area contributed by atoms with Crippen molar-refractivity contribution in [3.05, 3.63) is 52.6 Å². The molecule has 0 atom stereocenters. The van der Waals surface area contributed by atoms with Crippen LogP contribution in [0.2, 0.25) is 5.02 Å².